The average Bonchev–Trinajstić information content (AvgIpc) is 2.63. The molecule has 0 saturated carbocycles. The van der Waals surface area contributed by atoms with Gasteiger partial charge in [0.15, 0.2) is 0 Å². The van der Waals surface area contributed by atoms with E-state index in [0.29, 0.717) is 12.3 Å². The van der Waals surface area contributed by atoms with Crippen LogP contribution in [-0.4, -0.2) is 26.6 Å². The van der Waals surface area contributed by atoms with Gasteiger partial charge in [0, 0.05) is 18.5 Å². The van der Waals surface area contributed by atoms with Gasteiger partial charge in [-0.25, -0.2) is 9.67 Å². The molecule has 0 aromatic carbocycles. The number of rotatable bonds is 6. The number of hydrogen-bond donors (Lipinski definition) is 1. The van der Waals surface area contributed by atoms with Crippen molar-refractivity contribution in [2.75, 3.05) is 0 Å². The van der Waals surface area contributed by atoms with Crippen LogP contribution in [0.5, 0.6) is 0 Å². The number of Topliss-reactive ketones (excluding diaryl/α,β-unsaturated/α-hetero) is 1. The molecule has 5 heteroatoms. The number of aromatic nitrogens is 3. The molecule has 1 aromatic heterocycles. The Balaban J connectivity index is 2.68. The summed E-state index contributed by atoms with van der Waals surface area (Å²) in [7, 11) is 0. The van der Waals surface area contributed by atoms with E-state index in [9.17, 15) is 4.79 Å². The summed E-state index contributed by atoms with van der Waals surface area (Å²) in [6.45, 7) is 8.71. The molecule has 1 rings (SSSR count). The summed E-state index contributed by atoms with van der Waals surface area (Å²) in [4.78, 5) is 16.1. The third-order valence-corrected chi connectivity index (χ3v) is 2.86. The molecule has 0 saturated heterocycles. The molecule has 2 N–H and O–H groups in total. The SMILES string of the molecule is CC(C)Cn1ncnc1CC(=O)C(C)C(C)N. The van der Waals surface area contributed by atoms with Crippen LogP contribution >= 0.6 is 0 Å². The lowest BCUT2D eigenvalue weighted by molar-refractivity contribution is -0.122. The fourth-order valence-corrected chi connectivity index (χ4v) is 1.53. The molecule has 0 radical (unpaired) electrons. The first-order valence-corrected chi connectivity index (χ1v) is 6.06. The molecule has 0 aliphatic rings. The molecule has 0 fully saturated rings. The van der Waals surface area contributed by atoms with E-state index in [2.05, 4.69) is 23.9 Å². The summed E-state index contributed by atoms with van der Waals surface area (Å²) in [6.07, 6.45) is 1.82. The van der Waals surface area contributed by atoms with Gasteiger partial charge in [0.05, 0.1) is 6.42 Å². The molecule has 2 atom stereocenters. The van der Waals surface area contributed by atoms with Gasteiger partial charge in [-0.15, -0.1) is 0 Å². The number of nitrogens with zero attached hydrogens (tertiary/aromatic N) is 3. The predicted molar refractivity (Wildman–Crippen MR) is 66.4 cm³/mol. The van der Waals surface area contributed by atoms with Crippen LogP contribution in [0.25, 0.3) is 0 Å². The van der Waals surface area contributed by atoms with Crippen LogP contribution in [0.15, 0.2) is 6.33 Å². The molecule has 2 unspecified atom stereocenters. The molecule has 0 bridgehead atoms. The Morgan fingerprint density at radius 1 is 1.41 bits per heavy atom. The molecule has 0 spiro atoms. The largest absolute Gasteiger partial charge is 0.327 e. The maximum Gasteiger partial charge on any atom is 0.144 e. The normalized spacial score (nSPS) is 14.9. The Morgan fingerprint density at radius 3 is 2.59 bits per heavy atom. The number of ketones is 1. The molecule has 0 aliphatic carbocycles. The Bertz CT molecular complexity index is 370. The minimum atomic E-state index is -0.140. The van der Waals surface area contributed by atoms with Crippen molar-refractivity contribution in [2.24, 2.45) is 17.6 Å². The first kappa shape index (κ1) is 13.8. The highest BCUT2D eigenvalue weighted by atomic mass is 16.1. The number of nitrogens with two attached hydrogens (primary N) is 1. The number of hydrogen-bond acceptors (Lipinski definition) is 4. The lowest BCUT2D eigenvalue weighted by Gasteiger charge is -2.14. The zero-order chi connectivity index (χ0) is 13.0. The number of carbonyl (C=O) groups is 1. The third kappa shape index (κ3) is 3.93. The van der Waals surface area contributed by atoms with Crippen molar-refractivity contribution < 1.29 is 4.79 Å². The fourth-order valence-electron chi connectivity index (χ4n) is 1.53. The van der Waals surface area contributed by atoms with Gasteiger partial charge in [-0.05, 0) is 12.8 Å². The summed E-state index contributed by atoms with van der Waals surface area (Å²) in [5.74, 6) is 1.20. The maximum absolute atomic E-state index is 11.9. The van der Waals surface area contributed by atoms with E-state index in [1.807, 2.05) is 13.8 Å². The monoisotopic (exact) mass is 238 g/mol. The van der Waals surface area contributed by atoms with Crippen LogP contribution in [0, 0.1) is 11.8 Å². The minimum absolute atomic E-state index is 0.121. The highest BCUT2D eigenvalue weighted by Gasteiger charge is 2.19. The van der Waals surface area contributed by atoms with E-state index in [1.165, 1.54) is 6.33 Å². The van der Waals surface area contributed by atoms with Gasteiger partial charge < -0.3 is 5.73 Å². The van der Waals surface area contributed by atoms with Crippen molar-refractivity contribution in [3.05, 3.63) is 12.2 Å². The van der Waals surface area contributed by atoms with E-state index in [1.54, 1.807) is 4.68 Å². The Kier molecular flexibility index (Phi) is 4.81. The van der Waals surface area contributed by atoms with Crippen LogP contribution in [0.3, 0.4) is 0 Å². The van der Waals surface area contributed by atoms with E-state index in [4.69, 9.17) is 5.73 Å². The highest BCUT2D eigenvalue weighted by Crippen LogP contribution is 2.08. The van der Waals surface area contributed by atoms with E-state index in [0.717, 1.165) is 12.4 Å². The molecule has 0 amide bonds. The van der Waals surface area contributed by atoms with E-state index in [-0.39, 0.29) is 17.7 Å². The van der Waals surface area contributed by atoms with Crippen molar-refractivity contribution in [1.82, 2.24) is 14.8 Å². The first-order chi connectivity index (χ1) is 7.91. The van der Waals surface area contributed by atoms with Crippen molar-refractivity contribution in [3.63, 3.8) is 0 Å². The van der Waals surface area contributed by atoms with Crippen molar-refractivity contribution in [2.45, 2.75) is 46.7 Å². The summed E-state index contributed by atoms with van der Waals surface area (Å²) in [6, 6.07) is -0.121. The second-order valence-electron chi connectivity index (χ2n) is 5.04. The topological polar surface area (TPSA) is 73.8 Å². The van der Waals surface area contributed by atoms with Gasteiger partial charge in [-0.1, -0.05) is 20.8 Å². The molecule has 96 valence electrons. The Morgan fingerprint density at radius 2 is 2.06 bits per heavy atom. The summed E-state index contributed by atoms with van der Waals surface area (Å²) in [5.41, 5.74) is 5.72. The van der Waals surface area contributed by atoms with Crippen LogP contribution in [-0.2, 0) is 17.8 Å². The zero-order valence-corrected chi connectivity index (χ0v) is 11.1. The van der Waals surface area contributed by atoms with Gasteiger partial charge in [0.1, 0.15) is 17.9 Å². The minimum Gasteiger partial charge on any atom is -0.327 e. The zero-order valence-electron chi connectivity index (χ0n) is 11.1. The molecule has 1 heterocycles. The van der Waals surface area contributed by atoms with Gasteiger partial charge in [-0.3, -0.25) is 4.79 Å². The molecule has 5 nitrogen and oxygen atoms in total. The van der Waals surface area contributed by atoms with Gasteiger partial charge in [0.25, 0.3) is 0 Å². The standard InChI is InChI=1S/C12H22N4O/c1-8(2)6-16-12(14-7-15-16)5-11(17)9(3)10(4)13/h7-10H,5-6,13H2,1-4H3. The number of carbonyl (C=O) groups excluding carboxylic acids is 1. The third-order valence-electron chi connectivity index (χ3n) is 2.86. The van der Waals surface area contributed by atoms with Crippen molar-refractivity contribution in [3.8, 4) is 0 Å². The molecule has 1 aromatic rings. The average molecular weight is 238 g/mol. The lowest BCUT2D eigenvalue weighted by atomic mass is 9.97. The molecule has 17 heavy (non-hydrogen) atoms. The first-order valence-electron chi connectivity index (χ1n) is 6.06. The lowest BCUT2D eigenvalue weighted by Crippen LogP contribution is -2.32. The second-order valence-corrected chi connectivity index (χ2v) is 5.04. The van der Waals surface area contributed by atoms with Crippen molar-refractivity contribution in [1.29, 1.82) is 0 Å². The smallest absolute Gasteiger partial charge is 0.144 e. The highest BCUT2D eigenvalue weighted by molar-refractivity contribution is 5.82. The molecular formula is C12H22N4O. The van der Waals surface area contributed by atoms with Crippen molar-refractivity contribution >= 4 is 5.78 Å². The van der Waals surface area contributed by atoms with Crippen LogP contribution in [0.1, 0.15) is 33.5 Å². The Hall–Kier alpha value is -1.23. The maximum atomic E-state index is 11.9. The van der Waals surface area contributed by atoms with Crippen LogP contribution < -0.4 is 5.73 Å². The quantitative estimate of drug-likeness (QED) is 0.803. The van der Waals surface area contributed by atoms with Crippen LogP contribution in [0.2, 0.25) is 0 Å². The molecule has 0 aliphatic heterocycles. The van der Waals surface area contributed by atoms with E-state index >= 15 is 0 Å². The molecular weight excluding hydrogens is 216 g/mol. The van der Waals surface area contributed by atoms with Crippen LogP contribution in [0.4, 0.5) is 0 Å². The second kappa shape index (κ2) is 5.91. The van der Waals surface area contributed by atoms with Gasteiger partial charge >= 0.3 is 0 Å². The summed E-state index contributed by atoms with van der Waals surface area (Å²) >= 11 is 0. The fraction of sp³-hybridized carbons (Fsp3) is 0.750. The van der Waals surface area contributed by atoms with Gasteiger partial charge in [0.2, 0.25) is 0 Å². The Labute approximate surface area is 102 Å². The van der Waals surface area contributed by atoms with E-state index < -0.39 is 0 Å². The van der Waals surface area contributed by atoms with Gasteiger partial charge in [-0.2, -0.15) is 5.10 Å². The summed E-state index contributed by atoms with van der Waals surface area (Å²) < 4.78 is 1.80. The predicted octanol–water partition coefficient (Wildman–Crippen LogP) is 1.03. The summed E-state index contributed by atoms with van der Waals surface area (Å²) in [5, 5.41) is 4.14.